The Morgan fingerprint density at radius 1 is 1.21 bits per heavy atom. The Morgan fingerprint density at radius 2 is 2.00 bits per heavy atom. The first-order chi connectivity index (χ1) is 18.6. The SMILES string of the molecule is CCCCCO[C@H](CC(C)CN)C1=C(C)[C@H]2[C@H](C[C@H]3[C@@H]4CC=C5C[C@@H](OC(C)=O)CC[C@]5(C)[C@H]4CC[C@@]32C)O1. The second-order valence-electron chi connectivity index (χ2n) is 14.3. The molecule has 0 radical (unpaired) electrons. The summed E-state index contributed by atoms with van der Waals surface area (Å²) in [6.45, 7) is 15.0. The van der Waals surface area contributed by atoms with Crippen LogP contribution in [0.3, 0.4) is 0 Å². The van der Waals surface area contributed by atoms with Gasteiger partial charge in [-0.15, -0.1) is 0 Å². The topological polar surface area (TPSA) is 70.8 Å². The lowest BCUT2D eigenvalue weighted by Gasteiger charge is -2.58. The zero-order valence-electron chi connectivity index (χ0n) is 25.6. The molecule has 0 saturated heterocycles. The van der Waals surface area contributed by atoms with E-state index in [0.29, 0.717) is 35.8 Å². The minimum absolute atomic E-state index is 0.0379. The van der Waals surface area contributed by atoms with Crippen molar-refractivity contribution in [3.8, 4) is 0 Å². The molecule has 5 aliphatic rings. The summed E-state index contributed by atoms with van der Waals surface area (Å²) in [5.41, 5.74) is 9.62. The Labute approximate surface area is 237 Å². The summed E-state index contributed by atoms with van der Waals surface area (Å²) >= 11 is 0. The number of carbonyl (C=O) groups is 1. The average Bonchev–Trinajstić information content (AvgIpc) is 3.39. The van der Waals surface area contributed by atoms with Gasteiger partial charge in [-0.05, 0) is 105 Å². The molecule has 1 unspecified atom stereocenters. The Hall–Kier alpha value is -1.33. The molecule has 39 heavy (non-hydrogen) atoms. The molecular weight excluding hydrogens is 486 g/mol. The van der Waals surface area contributed by atoms with E-state index in [1.165, 1.54) is 44.1 Å². The molecule has 220 valence electrons. The van der Waals surface area contributed by atoms with Crippen LogP contribution >= 0.6 is 0 Å². The quantitative estimate of drug-likeness (QED) is 0.178. The van der Waals surface area contributed by atoms with Crippen LogP contribution in [-0.2, 0) is 19.0 Å². The molecule has 5 rings (SSSR count). The van der Waals surface area contributed by atoms with Crippen LogP contribution in [0, 0.1) is 40.4 Å². The van der Waals surface area contributed by atoms with Crippen LogP contribution < -0.4 is 5.73 Å². The van der Waals surface area contributed by atoms with Crippen LogP contribution in [0.25, 0.3) is 0 Å². The molecule has 0 spiro atoms. The summed E-state index contributed by atoms with van der Waals surface area (Å²) in [5, 5.41) is 0. The molecule has 0 amide bonds. The predicted octanol–water partition coefficient (Wildman–Crippen LogP) is 7.34. The molecule has 3 saturated carbocycles. The number of hydrogen-bond acceptors (Lipinski definition) is 5. The number of nitrogens with two attached hydrogens (primary N) is 1. The normalized spacial score (nSPS) is 40.5. The van der Waals surface area contributed by atoms with Gasteiger partial charge in [-0.25, -0.2) is 0 Å². The first-order valence-corrected chi connectivity index (χ1v) is 16.2. The van der Waals surface area contributed by atoms with Crippen molar-refractivity contribution in [2.45, 2.75) is 130 Å². The van der Waals surface area contributed by atoms with Gasteiger partial charge in [-0.3, -0.25) is 4.79 Å². The van der Waals surface area contributed by atoms with E-state index in [-0.39, 0.29) is 23.6 Å². The molecule has 3 fully saturated rings. The highest BCUT2D eigenvalue weighted by Gasteiger charge is 2.64. The van der Waals surface area contributed by atoms with Crippen molar-refractivity contribution in [1.82, 2.24) is 0 Å². The molecule has 4 aliphatic carbocycles. The van der Waals surface area contributed by atoms with Gasteiger partial charge in [0.05, 0.1) is 0 Å². The van der Waals surface area contributed by atoms with Crippen molar-refractivity contribution in [3.05, 3.63) is 23.0 Å². The van der Waals surface area contributed by atoms with Gasteiger partial charge >= 0.3 is 5.97 Å². The Balaban J connectivity index is 1.34. The third-order valence-corrected chi connectivity index (χ3v) is 11.9. The lowest BCUT2D eigenvalue weighted by Crippen LogP contribution is -2.50. The number of unbranched alkanes of at least 4 members (excludes halogenated alkanes) is 2. The van der Waals surface area contributed by atoms with Gasteiger partial charge in [0.15, 0.2) is 0 Å². The maximum atomic E-state index is 11.6. The van der Waals surface area contributed by atoms with E-state index >= 15 is 0 Å². The van der Waals surface area contributed by atoms with Crippen molar-refractivity contribution in [2.75, 3.05) is 13.2 Å². The summed E-state index contributed by atoms with van der Waals surface area (Å²) in [7, 11) is 0. The molecule has 5 heteroatoms. The maximum absolute atomic E-state index is 11.6. The third kappa shape index (κ3) is 5.25. The van der Waals surface area contributed by atoms with Gasteiger partial charge in [-0.1, -0.05) is 52.2 Å². The van der Waals surface area contributed by atoms with E-state index in [2.05, 4.69) is 40.7 Å². The fraction of sp³-hybridized carbons (Fsp3) is 0.853. The molecule has 0 aromatic heterocycles. The van der Waals surface area contributed by atoms with Crippen LogP contribution in [0.5, 0.6) is 0 Å². The second kappa shape index (κ2) is 11.5. The maximum Gasteiger partial charge on any atom is 0.302 e. The molecular formula is C34H55NO4. The zero-order chi connectivity index (χ0) is 27.9. The van der Waals surface area contributed by atoms with E-state index in [1.54, 1.807) is 12.5 Å². The van der Waals surface area contributed by atoms with Crippen molar-refractivity contribution in [1.29, 1.82) is 0 Å². The number of fused-ring (bicyclic) bond motifs is 7. The van der Waals surface area contributed by atoms with Gasteiger partial charge in [0, 0.05) is 25.9 Å². The first kappa shape index (κ1) is 29.2. The largest absolute Gasteiger partial charge is 0.491 e. The second-order valence-corrected chi connectivity index (χ2v) is 14.3. The summed E-state index contributed by atoms with van der Waals surface area (Å²) in [6.07, 6.45) is 15.4. The molecule has 0 aromatic carbocycles. The third-order valence-electron chi connectivity index (χ3n) is 11.9. The van der Waals surface area contributed by atoms with Crippen molar-refractivity contribution in [3.63, 3.8) is 0 Å². The number of rotatable bonds is 10. The Kier molecular flexibility index (Phi) is 8.61. The number of esters is 1. The van der Waals surface area contributed by atoms with E-state index in [1.807, 2.05) is 0 Å². The first-order valence-electron chi connectivity index (χ1n) is 16.2. The van der Waals surface area contributed by atoms with E-state index in [9.17, 15) is 4.79 Å². The number of allylic oxidation sites excluding steroid dienone is 1. The molecule has 1 aliphatic heterocycles. The van der Waals surface area contributed by atoms with Crippen LogP contribution in [0.15, 0.2) is 23.0 Å². The highest BCUT2D eigenvalue weighted by Crippen LogP contribution is 2.69. The molecule has 0 bridgehead atoms. The van der Waals surface area contributed by atoms with Gasteiger partial charge < -0.3 is 19.9 Å². The van der Waals surface area contributed by atoms with Crippen molar-refractivity contribution < 1.29 is 19.0 Å². The van der Waals surface area contributed by atoms with Crippen LogP contribution in [0.4, 0.5) is 0 Å². The zero-order valence-corrected chi connectivity index (χ0v) is 25.6. The van der Waals surface area contributed by atoms with E-state index < -0.39 is 0 Å². The number of carbonyl (C=O) groups excluding carboxylic acids is 1. The van der Waals surface area contributed by atoms with Gasteiger partial charge in [-0.2, -0.15) is 0 Å². The predicted molar refractivity (Wildman–Crippen MR) is 156 cm³/mol. The monoisotopic (exact) mass is 541 g/mol. The molecule has 10 atom stereocenters. The number of ether oxygens (including phenoxy) is 3. The average molecular weight is 542 g/mol. The lowest BCUT2D eigenvalue weighted by atomic mass is 9.47. The van der Waals surface area contributed by atoms with Gasteiger partial charge in [0.1, 0.15) is 24.1 Å². The van der Waals surface area contributed by atoms with Crippen LogP contribution in [0.1, 0.15) is 112 Å². The standard InChI is InChI=1S/C34H55NO4/c1-7-8-9-16-37-30(17-21(2)20-35)32-22(3)31-29(39-32)19-28-26-11-10-24-18-25(38-23(4)36)12-14-33(24,5)27(26)13-15-34(28,31)6/h10,21,25-31H,7-9,11-20,35H2,1-6H3/t21?,25-,26+,27-,28-,29-,30+,31-,33-,34-/m0/s1. The number of hydrogen-bond donors (Lipinski definition) is 1. The molecule has 0 aromatic rings. The van der Waals surface area contributed by atoms with E-state index in [4.69, 9.17) is 19.9 Å². The van der Waals surface area contributed by atoms with Crippen molar-refractivity contribution >= 4 is 5.97 Å². The van der Waals surface area contributed by atoms with Gasteiger partial charge in [0.2, 0.25) is 0 Å². The summed E-state index contributed by atoms with van der Waals surface area (Å²) in [5.74, 6) is 4.09. The fourth-order valence-electron chi connectivity index (χ4n) is 9.87. The molecule has 2 N–H and O–H groups in total. The Morgan fingerprint density at radius 3 is 2.72 bits per heavy atom. The van der Waals surface area contributed by atoms with E-state index in [0.717, 1.165) is 56.3 Å². The van der Waals surface area contributed by atoms with Crippen molar-refractivity contribution in [2.24, 2.45) is 46.2 Å². The Bertz CT molecular complexity index is 972. The molecule has 5 nitrogen and oxygen atoms in total. The summed E-state index contributed by atoms with van der Waals surface area (Å²) in [4.78, 5) is 11.6. The summed E-state index contributed by atoms with van der Waals surface area (Å²) in [6, 6.07) is 0. The minimum atomic E-state index is -0.141. The highest BCUT2D eigenvalue weighted by atomic mass is 16.5. The lowest BCUT2D eigenvalue weighted by molar-refractivity contribution is -0.148. The fourth-order valence-corrected chi connectivity index (χ4v) is 9.87. The minimum Gasteiger partial charge on any atom is -0.491 e. The smallest absolute Gasteiger partial charge is 0.302 e. The summed E-state index contributed by atoms with van der Waals surface area (Å²) < 4.78 is 19.1. The molecule has 1 heterocycles. The van der Waals surface area contributed by atoms with Crippen LogP contribution in [-0.4, -0.2) is 37.4 Å². The van der Waals surface area contributed by atoms with Crippen LogP contribution in [0.2, 0.25) is 0 Å². The van der Waals surface area contributed by atoms with Gasteiger partial charge in [0.25, 0.3) is 0 Å². The highest BCUT2D eigenvalue weighted by molar-refractivity contribution is 5.66.